The summed E-state index contributed by atoms with van der Waals surface area (Å²) in [7, 11) is 1.95. The molecular formula is C14H25ClN4O. The van der Waals surface area contributed by atoms with Gasteiger partial charge in [-0.2, -0.15) is 5.10 Å². The van der Waals surface area contributed by atoms with Gasteiger partial charge in [-0.3, -0.25) is 9.58 Å². The minimum atomic E-state index is 0.783. The maximum absolute atomic E-state index is 6.32. The number of ether oxygens (including phenoxy) is 1. The van der Waals surface area contributed by atoms with Gasteiger partial charge in [0.1, 0.15) is 0 Å². The van der Waals surface area contributed by atoms with Gasteiger partial charge in [0.25, 0.3) is 0 Å². The van der Waals surface area contributed by atoms with Crippen molar-refractivity contribution in [1.82, 2.24) is 20.0 Å². The summed E-state index contributed by atoms with van der Waals surface area (Å²) in [5.74, 6) is 0. The SMILES string of the molecule is CCc1nn(C)c(CNCCCN2CCOCC2)c1Cl. The molecule has 0 unspecified atom stereocenters. The van der Waals surface area contributed by atoms with Crippen molar-refractivity contribution in [1.29, 1.82) is 0 Å². The van der Waals surface area contributed by atoms with Crippen LogP contribution >= 0.6 is 11.6 Å². The van der Waals surface area contributed by atoms with Crippen LogP contribution in [0.1, 0.15) is 24.7 Å². The van der Waals surface area contributed by atoms with Gasteiger partial charge < -0.3 is 10.1 Å². The van der Waals surface area contributed by atoms with Crippen molar-refractivity contribution < 1.29 is 4.74 Å². The third-order valence-corrected chi connectivity index (χ3v) is 4.16. The van der Waals surface area contributed by atoms with Crippen LogP contribution in [0.4, 0.5) is 0 Å². The maximum Gasteiger partial charge on any atom is 0.0863 e. The molecule has 20 heavy (non-hydrogen) atoms. The van der Waals surface area contributed by atoms with Gasteiger partial charge in [-0.25, -0.2) is 0 Å². The molecule has 0 amide bonds. The predicted octanol–water partition coefficient (Wildman–Crippen LogP) is 1.45. The van der Waals surface area contributed by atoms with Crippen LogP contribution in [-0.2, 0) is 24.8 Å². The number of rotatable bonds is 7. The first kappa shape index (κ1) is 15.8. The van der Waals surface area contributed by atoms with E-state index in [1.54, 1.807) is 0 Å². The fourth-order valence-corrected chi connectivity index (χ4v) is 2.83. The topological polar surface area (TPSA) is 42.3 Å². The molecule has 5 nitrogen and oxygen atoms in total. The normalized spacial score (nSPS) is 16.8. The van der Waals surface area contributed by atoms with Gasteiger partial charge in [0.2, 0.25) is 0 Å². The Labute approximate surface area is 126 Å². The molecule has 0 saturated carbocycles. The molecule has 0 aliphatic carbocycles. The zero-order valence-corrected chi connectivity index (χ0v) is 13.2. The minimum Gasteiger partial charge on any atom is -0.379 e. The molecule has 6 heteroatoms. The quantitative estimate of drug-likeness (QED) is 0.774. The minimum absolute atomic E-state index is 0.783. The second kappa shape index (κ2) is 7.98. The van der Waals surface area contributed by atoms with Crippen LogP contribution in [0.5, 0.6) is 0 Å². The average molecular weight is 301 g/mol. The molecule has 1 aromatic heterocycles. The van der Waals surface area contributed by atoms with E-state index < -0.39 is 0 Å². The van der Waals surface area contributed by atoms with Gasteiger partial charge >= 0.3 is 0 Å². The molecule has 0 spiro atoms. The molecule has 1 aromatic rings. The highest BCUT2D eigenvalue weighted by Gasteiger charge is 2.12. The first-order valence-electron chi connectivity index (χ1n) is 7.43. The van der Waals surface area contributed by atoms with E-state index in [1.165, 1.54) is 0 Å². The van der Waals surface area contributed by atoms with Gasteiger partial charge in [-0.15, -0.1) is 0 Å². The highest BCUT2D eigenvalue weighted by atomic mass is 35.5. The summed E-state index contributed by atoms with van der Waals surface area (Å²) in [5.41, 5.74) is 2.06. The van der Waals surface area contributed by atoms with Crippen molar-refractivity contribution in [2.24, 2.45) is 7.05 Å². The van der Waals surface area contributed by atoms with Crippen LogP contribution in [0, 0.1) is 0 Å². The summed E-state index contributed by atoms with van der Waals surface area (Å²) in [5, 5.41) is 8.70. The third-order valence-electron chi connectivity index (χ3n) is 3.73. The molecule has 0 bridgehead atoms. The van der Waals surface area contributed by atoms with Gasteiger partial charge in [-0.1, -0.05) is 18.5 Å². The Balaban J connectivity index is 1.66. The summed E-state index contributed by atoms with van der Waals surface area (Å²) in [4.78, 5) is 2.46. The molecule has 1 aliphatic heterocycles. The second-order valence-electron chi connectivity index (χ2n) is 5.17. The van der Waals surface area contributed by atoms with E-state index in [-0.39, 0.29) is 0 Å². The molecule has 1 aliphatic rings. The van der Waals surface area contributed by atoms with Crippen LogP contribution in [0.15, 0.2) is 0 Å². The smallest absolute Gasteiger partial charge is 0.0863 e. The molecule has 0 radical (unpaired) electrons. The van der Waals surface area contributed by atoms with Crippen molar-refractivity contribution >= 4 is 11.6 Å². The van der Waals surface area contributed by atoms with E-state index in [4.69, 9.17) is 16.3 Å². The Hall–Kier alpha value is -0.620. The van der Waals surface area contributed by atoms with Crippen LogP contribution in [0.25, 0.3) is 0 Å². The van der Waals surface area contributed by atoms with Crippen LogP contribution in [-0.4, -0.2) is 54.1 Å². The Morgan fingerprint density at radius 3 is 2.75 bits per heavy atom. The van der Waals surface area contributed by atoms with Gasteiger partial charge in [0, 0.05) is 26.7 Å². The lowest BCUT2D eigenvalue weighted by molar-refractivity contribution is 0.0374. The molecule has 0 atom stereocenters. The van der Waals surface area contributed by atoms with E-state index in [1.807, 2.05) is 11.7 Å². The van der Waals surface area contributed by atoms with E-state index in [2.05, 4.69) is 22.2 Å². The third kappa shape index (κ3) is 4.19. The van der Waals surface area contributed by atoms with Gasteiger partial charge in [0.15, 0.2) is 0 Å². The predicted molar refractivity (Wildman–Crippen MR) is 81.2 cm³/mol. The first-order valence-corrected chi connectivity index (χ1v) is 7.81. The zero-order valence-electron chi connectivity index (χ0n) is 12.5. The van der Waals surface area contributed by atoms with Crippen molar-refractivity contribution in [3.05, 3.63) is 16.4 Å². The number of halogens is 1. The lowest BCUT2D eigenvalue weighted by atomic mass is 10.3. The molecular weight excluding hydrogens is 276 g/mol. The summed E-state index contributed by atoms with van der Waals surface area (Å²) in [6.07, 6.45) is 2.03. The van der Waals surface area contributed by atoms with Crippen LogP contribution in [0.3, 0.4) is 0 Å². The number of hydrogen-bond donors (Lipinski definition) is 1. The van der Waals surface area contributed by atoms with Crippen LogP contribution in [0.2, 0.25) is 5.02 Å². The van der Waals surface area contributed by atoms with Crippen molar-refractivity contribution in [3.8, 4) is 0 Å². The summed E-state index contributed by atoms with van der Waals surface area (Å²) in [6, 6.07) is 0. The Morgan fingerprint density at radius 1 is 1.35 bits per heavy atom. The number of aryl methyl sites for hydroxylation is 2. The van der Waals surface area contributed by atoms with Crippen molar-refractivity contribution in [3.63, 3.8) is 0 Å². The molecule has 2 heterocycles. The lowest BCUT2D eigenvalue weighted by Gasteiger charge is -2.26. The highest BCUT2D eigenvalue weighted by Crippen LogP contribution is 2.20. The molecule has 1 N–H and O–H groups in total. The largest absolute Gasteiger partial charge is 0.379 e. The summed E-state index contributed by atoms with van der Waals surface area (Å²) in [6.45, 7) is 8.87. The molecule has 114 valence electrons. The van der Waals surface area contributed by atoms with Crippen LogP contribution < -0.4 is 5.32 Å². The Morgan fingerprint density at radius 2 is 2.10 bits per heavy atom. The van der Waals surface area contributed by atoms with Gasteiger partial charge in [-0.05, 0) is 25.9 Å². The molecule has 1 fully saturated rings. The first-order chi connectivity index (χ1) is 9.72. The zero-order chi connectivity index (χ0) is 14.4. The van der Waals surface area contributed by atoms with E-state index in [9.17, 15) is 0 Å². The van der Waals surface area contributed by atoms with E-state index >= 15 is 0 Å². The fourth-order valence-electron chi connectivity index (χ4n) is 2.47. The van der Waals surface area contributed by atoms with Crippen molar-refractivity contribution in [2.45, 2.75) is 26.3 Å². The monoisotopic (exact) mass is 300 g/mol. The fraction of sp³-hybridized carbons (Fsp3) is 0.786. The Bertz CT molecular complexity index is 416. The van der Waals surface area contributed by atoms with Gasteiger partial charge in [0.05, 0.1) is 29.6 Å². The molecule has 0 aromatic carbocycles. The highest BCUT2D eigenvalue weighted by molar-refractivity contribution is 6.31. The average Bonchev–Trinajstić information content (AvgIpc) is 2.75. The van der Waals surface area contributed by atoms with Crippen molar-refractivity contribution in [2.75, 3.05) is 39.4 Å². The standard InChI is InChI=1S/C14H25ClN4O/c1-3-12-14(15)13(18(2)17-12)11-16-5-4-6-19-7-9-20-10-8-19/h16H,3-11H2,1-2H3. The van der Waals surface area contributed by atoms with E-state index in [0.717, 1.165) is 75.2 Å². The number of hydrogen-bond acceptors (Lipinski definition) is 4. The number of morpholine rings is 1. The lowest BCUT2D eigenvalue weighted by Crippen LogP contribution is -2.37. The summed E-state index contributed by atoms with van der Waals surface area (Å²) < 4.78 is 7.23. The second-order valence-corrected chi connectivity index (χ2v) is 5.55. The maximum atomic E-state index is 6.32. The van der Waals surface area contributed by atoms with E-state index in [0.29, 0.717) is 0 Å². The number of nitrogens with zero attached hydrogens (tertiary/aromatic N) is 3. The number of aromatic nitrogens is 2. The molecule has 2 rings (SSSR count). The summed E-state index contributed by atoms with van der Waals surface area (Å²) >= 11 is 6.32. The molecule has 1 saturated heterocycles. The Kier molecular flexibility index (Phi) is 6.29. The number of nitrogens with one attached hydrogen (secondary N) is 1.